The summed E-state index contributed by atoms with van der Waals surface area (Å²) in [6.45, 7) is 0.412. The van der Waals surface area contributed by atoms with Gasteiger partial charge in [-0.25, -0.2) is 4.79 Å². The van der Waals surface area contributed by atoms with E-state index in [0.717, 1.165) is 18.4 Å². The maximum Gasteiger partial charge on any atom is 0.325 e. The third-order valence-electron chi connectivity index (χ3n) is 5.33. The van der Waals surface area contributed by atoms with Gasteiger partial charge in [-0.15, -0.1) is 0 Å². The average molecular weight is 394 g/mol. The molecular weight excluding hydrogens is 370 g/mol. The number of nitrogens with zero attached hydrogens (tertiary/aromatic N) is 2. The molecule has 0 aromatic heterocycles. The molecule has 0 unspecified atom stereocenters. The predicted molar refractivity (Wildman–Crippen MR) is 101 cm³/mol. The largest absolute Gasteiger partial charge is 0.496 e. The van der Waals surface area contributed by atoms with Crippen LogP contribution in [0, 0.1) is 0 Å². The summed E-state index contributed by atoms with van der Waals surface area (Å²) in [5.41, 5.74) is 0.0564. The van der Waals surface area contributed by atoms with Crippen molar-refractivity contribution in [2.24, 2.45) is 0 Å². The van der Waals surface area contributed by atoms with Crippen LogP contribution in [0.3, 0.4) is 0 Å². The quantitative estimate of drug-likeness (QED) is 0.753. The molecule has 146 valence electrons. The van der Waals surface area contributed by atoms with Crippen molar-refractivity contribution in [1.82, 2.24) is 15.1 Å². The van der Waals surface area contributed by atoms with Crippen molar-refractivity contribution in [3.05, 3.63) is 28.8 Å². The molecule has 0 radical (unpaired) electrons. The molecule has 1 aromatic rings. The summed E-state index contributed by atoms with van der Waals surface area (Å²) in [5.74, 6) is 0.290. The number of carbonyl (C=O) groups excluding carboxylic acids is 3. The van der Waals surface area contributed by atoms with Crippen LogP contribution in [0.25, 0.3) is 0 Å². The van der Waals surface area contributed by atoms with E-state index >= 15 is 0 Å². The first-order valence-electron chi connectivity index (χ1n) is 9.07. The SMILES string of the molecule is COc1ccc(Cl)cc1CN(C)C(=O)CCN1C(=O)NC2(CCCC2)C1=O. The van der Waals surface area contributed by atoms with Crippen LogP contribution >= 0.6 is 11.6 Å². The zero-order valence-electron chi connectivity index (χ0n) is 15.6. The number of carbonyl (C=O) groups is 3. The third kappa shape index (κ3) is 3.88. The number of hydrogen-bond acceptors (Lipinski definition) is 4. The van der Waals surface area contributed by atoms with Crippen LogP contribution in [-0.4, -0.2) is 53.9 Å². The molecule has 1 saturated heterocycles. The highest BCUT2D eigenvalue weighted by Gasteiger charge is 2.52. The third-order valence-corrected chi connectivity index (χ3v) is 5.56. The zero-order chi connectivity index (χ0) is 19.6. The number of rotatable bonds is 6. The lowest BCUT2D eigenvalue weighted by atomic mass is 9.98. The van der Waals surface area contributed by atoms with Gasteiger partial charge in [-0.05, 0) is 31.0 Å². The number of halogens is 1. The van der Waals surface area contributed by atoms with Gasteiger partial charge in [0.05, 0.1) is 7.11 Å². The number of ether oxygens (including phenoxy) is 1. The van der Waals surface area contributed by atoms with Gasteiger partial charge in [0.15, 0.2) is 0 Å². The van der Waals surface area contributed by atoms with Gasteiger partial charge < -0.3 is 15.0 Å². The first-order valence-corrected chi connectivity index (χ1v) is 9.44. The Morgan fingerprint density at radius 1 is 1.33 bits per heavy atom. The maximum absolute atomic E-state index is 12.6. The smallest absolute Gasteiger partial charge is 0.325 e. The van der Waals surface area contributed by atoms with Crippen LogP contribution in [0.5, 0.6) is 5.75 Å². The molecule has 1 aliphatic carbocycles. The molecule has 2 aliphatic rings. The first-order chi connectivity index (χ1) is 12.9. The molecule has 7 nitrogen and oxygen atoms in total. The Kier molecular flexibility index (Phi) is 5.60. The normalized spacial score (nSPS) is 18.1. The molecule has 1 N–H and O–H groups in total. The Hall–Kier alpha value is -2.28. The molecule has 2 fully saturated rings. The fraction of sp³-hybridized carbons (Fsp3) is 0.526. The van der Waals surface area contributed by atoms with Crippen molar-refractivity contribution in [2.45, 2.75) is 44.2 Å². The Morgan fingerprint density at radius 2 is 2.04 bits per heavy atom. The van der Waals surface area contributed by atoms with E-state index in [0.29, 0.717) is 30.2 Å². The van der Waals surface area contributed by atoms with Crippen molar-refractivity contribution in [3.8, 4) is 5.75 Å². The number of methoxy groups -OCH3 is 1. The highest BCUT2D eigenvalue weighted by atomic mass is 35.5. The van der Waals surface area contributed by atoms with Gasteiger partial charge >= 0.3 is 6.03 Å². The molecule has 4 amide bonds. The number of nitrogens with one attached hydrogen (secondary N) is 1. The minimum Gasteiger partial charge on any atom is -0.496 e. The number of benzene rings is 1. The summed E-state index contributed by atoms with van der Waals surface area (Å²) in [6, 6.07) is 4.84. The topological polar surface area (TPSA) is 79.0 Å². The van der Waals surface area contributed by atoms with Gasteiger partial charge in [0.2, 0.25) is 5.91 Å². The van der Waals surface area contributed by atoms with Crippen molar-refractivity contribution >= 4 is 29.4 Å². The van der Waals surface area contributed by atoms with Crippen LogP contribution in [0.2, 0.25) is 5.02 Å². The van der Waals surface area contributed by atoms with Crippen LogP contribution in [0.1, 0.15) is 37.7 Å². The van der Waals surface area contributed by atoms with Crippen LogP contribution in [0.4, 0.5) is 4.79 Å². The van der Waals surface area contributed by atoms with Gasteiger partial charge in [-0.2, -0.15) is 0 Å². The van der Waals surface area contributed by atoms with Gasteiger partial charge in [-0.3, -0.25) is 14.5 Å². The molecule has 1 aliphatic heterocycles. The zero-order valence-corrected chi connectivity index (χ0v) is 16.3. The van der Waals surface area contributed by atoms with E-state index in [2.05, 4.69) is 5.32 Å². The highest BCUT2D eigenvalue weighted by Crippen LogP contribution is 2.35. The fourth-order valence-corrected chi connectivity index (χ4v) is 4.00. The molecule has 1 spiro atoms. The Balaban J connectivity index is 1.58. The Labute approximate surface area is 163 Å². The predicted octanol–water partition coefficient (Wildman–Crippen LogP) is 2.56. The summed E-state index contributed by atoms with van der Waals surface area (Å²) < 4.78 is 5.30. The maximum atomic E-state index is 12.6. The van der Waals surface area contributed by atoms with Crippen LogP contribution in [-0.2, 0) is 16.1 Å². The monoisotopic (exact) mass is 393 g/mol. The summed E-state index contributed by atoms with van der Waals surface area (Å²) in [5, 5.41) is 3.39. The van der Waals surface area contributed by atoms with E-state index in [1.807, 2.05) is 0 Å². The van der Waals surface area contributed by atoms with E-state index in [1.54, 1.807) is 32.4 Å². The summed E-state index contributed by atoms with van der Waals surface area (Å²) >= 11 is 6.03. The molecule has 0 bridgehead atoms. The number of amides is 4. The second-order valence-electron chi connectivity index (χ2n) is 7.13. The van der Waals surface area contributed by atoms with E-state index in [-0.39, 0.29) is 24.8 Å². The van der Waals surface area contributed by atoms with Crippen LogP contribution < -0.4 is 10.1 Å². The van der Waals surface area contributed by atoms with Gasteiger partial charge in [0, 0.05) is 37.1 Å². The molecule has 0 atom stereocenters. The lowest BCUT2D eigenvalue weighted by Gasteiger charge is -2.22. The van der Waals surface area contributed by atoms with Crippen molar-refractivity contribution < 1.29 is 19.1 Å². The van der Waals surface area contributed by atoms with Gasteiger partial charge in [0.1, 0.15) is 11.3 Å². The standard InChI is InChI=1S/C19H24ClN3O4/c1-22(12-13-11-14(20)5-6-15(13)27-2)16(24)7-10-23-17(25)19(21-18(23)26)8-3-4-9-19/h5-6,11H,3-4,7-10,12H2,1-2H3,(H,21,26). The fourth-order valence-electron chi connectivity index (χ4n) is 3.81. The molecule has 1 heterocycles. The molecule has 3 rings (SSSR count). The lowest BCUT2D eigenvalue weighted by molar-refractivity contribution is -0.133. The Bertz CT molecular complexity index is 761. The number of hydrogen-bond donors (Lipinski definition) is 1. The van der Waals surface area contributed by atoms with Crippen molar-refractivity contribution in [2.75, 3.05) is 20.7 Å². The van der Waals surface area contributed by atoms with Crippen LogP contribution in [0.15, 0.2) is 18.2 Å². The first kappa shape index (κ1) is 19.5. The second kappa shape index (κ2) is 7.76. The Morgan fingerprint density at radius 3 is 2.70 bits per heavy atom. The molecule has 1 saturated carbocycles. The molecular formula is C19H24ClN3O4. The van der Waals surface area contributed by atoms with Gasteiger partial charge in [-0.1, -0.05) is 24.4 Å². The minimum atomic E-state index is -0.736. The second-order valence-corrected chi connectivity index (χ2v) is 7.57. The summed E-state index contributed by atoms with van der Waals surface area (Å²) in [4.78, 5) is 40.0. The minimum absolute atomic E-state index is 0.0780. The van der Waals surface area contributed by atoms with E-state index in [9.17, 15) is 14.4 Å². The average Bonchev–Trinajstić information content (AvgIpc) is 3.19. The van der Waals surface area contributed by atoms with Crippen molar-refractivity contribution in [1.29, 1.82) is 0 Å². The van der Waals surface area contributed by atoms with Gasteiger partial charge in [0.25, 0.3) is 5.91 Å². The van der Waals surface area contributed by atoms with Crippen molar-refractivity contribution in [3.63, 3.8) is 0 Å². The van der Waals surface area contributed by atoms with E-state index < -0.39 is 11.6 Å². The summed E-state index contributed by atoms with van der Waals surface area (Å²) in [7, 11) is 3.23. The molecule has 27 heavy (non-hydrogen) atoms. The number of urea groups is 1. The highest BCUT2D eigenvalue weighted by molar-refractivity contribution is 6.30. The number of imide groups is 1. The van der Waals surface area contributed by atoms with E-state index in [1.165, 1.54) is 9.80 Å². The molecule has 1 aromatic carbocycles. The summed E-state index contributed by atoms with van der Waals surface area (Å²) in [6.07, 6.45) is 3.30. The lowest BCUT2D eigenvalue weighted by Crippen LogP contribution is -2.44. The molecule has 8 heteroatoms. The van der Waals surface area contributed by atoms with E-state index in [4.69, 9.17) is 16.3 Å².